The molecule has 0 aromatic heterocycles. The highest BCUT2D eigenvalue weighted by molar-refractivity contribution is 7.99. The zero-order valence-corrected chi connectivity index (χ0v) is 36.5. The molecular weight excluding hydrogens is 833 g/mol. The first kappa shape index (κ1) is 43.0. The van der Waals surface area contributed by atoms with Crippen molar-refractivity contribution in [2.24, 2.45) is 0 Å². The Hall–Kier alpha value is -5.66. The van der Waals surface area contributed by atoms with Crippen LogP contribution in [-0.2, 0) is 19.6 Å². The van der Waals surface area contributed by atoms with Gasteiger partial charge in [0.15, 0.2) is 6.54 Å². The van der Waals surface area contributed by atoms with Gasteiger partial charge in [0, 0.05) is 85.6 Å². The molecule has 6 aromatic rings. The molecule has 0 fully saturated rings. The zero-order chi connectivity index (χ0) is 42.6. The van der Waals surface area contributed by atoms with Crippen LogP contribution in [0.5, 0.6) is 0 Å². The number of rotatable bonds is 19. The predicted octanol–water partition coefficient (Wildman–Crippen LogP) is 11.0. The van der Waals surface area contributed by atoms with Crippen molar-refractivity contribution in [3.05, 3.63) is 187 Å². The predicted molar refractivity (Wildman–Crippen MR) is 252 cm³/mol. The van der Waals surface area contributed by atoms with E-state index in [-0.39, 0.29) is 4.90 Å². The minimum absolute atomic E-state index is 0.288. The fraction of sp³-hybridized carbons (Fsp3) is 0.157. The molecule has 0 bridgehead atoms. The summed E-state index contributed by atoms with van der Waals surface area (Å²) in [7, 11) is -4.83. The smallest absolute Gasteiger partial charge is 0.209 e. The molecular formula is C51H46N2O6S3. The minimum atomic E-state index is -4.83. The molecule has 2 aliphatic rings. The van der Waals surface area contributed by atoms with Crippen LogP contribution in [0.15, 0.2) is 201 Å². The van der Waals surface area contributed by atoms with Crippen LogP contribution in [0.3, 0.4) is 0 Å². The van der Waals surface area contributed by atoms with Crippen LogP contribution < -0.4 is 14.8 Å². The topological polar surface area (TPSA) is 95.0 Å². The summed E-state index contributed by atoms with van der Waals surface area (Å²) >= 11 is 3.53. The normalized spacial score (nSPS) is 12.1. The summed E-state index contributed by atoms with van der Waals surface area (Å²) in [5, 5.41) is 1.54. The van der Waals surface area contributed by atoms with Crippen molar-refractivity contribution in [1.29, 1.82) is 0 Å². The Morgan fingerprint density at radius 2 is 1.18 bits per heavy atom. The van der Waals surface area contributed by atoms with E-state index in [9.17, 15) is 13.0 Å². The number of anilines is 2. The molecule has 8 rings (SSSR count). The third-order valence-corrected chi connectivity index (χ3v) is 13.1. The second kappa shape index (κ2) is 20.9. The van der Waals surface area contributed by atoms with Crippen LogP contribution in [-0.4, -0.2) is 64.0 Å². The Bertz CT molecular complexity index is 2840. The van der Waals surface area contributed by atoms with Crippen molar-refractivity contribution in [2.75, 3.05) is 55.9 Å². The average molecular weight is 879 g/mol. The molecule has 1 heterocycles. The Balaban J connectivity index is 1.17. The fourth-order valence-corrected chi connectivity index (χ4v) is 9.66. The molecule has 1 aliphatic heterocycles. The third-order valence-electron chi connectivity index (χ3n) is 10.3. The lowest BCUT2D eigenvalue weighted by molar-refractivity contribution is 0.151. The summed E-state index contributed by atoms with van der Waals surface area (Å²) in [5.41, 5.74) is 4.97. The number of ether oxygens (including phenoxy) is 2. The van der Waals surface area contributed by atoms with Gasteiger partial charge in [-0.25, -0.2) is 8.42 Å². The van der Waals surface area contributed by atoms with E-state index in [4.69, 9.17) is 13.9 Å². The molecule has 6 aromatic carbocycles. The third kappa shape index (κ3) is 10.9. The molecule has 314 valence electrons. The quantitative estimate of drug-likeness (QED) is 0.0259. The van der Waals surface area contributed by atoms with Crippen LogP contribution >= 0.6 is 23.5 Å². The van der Waals surface area contributed by atoms with Gasteiger partial charge in [0.1, 0.15) is 28.1 Å². The maximum atomic E-state index is 12.8. The van der Waals surface area contributed by atoms with E-state index in [0.29, 0.717) is 72.9 Å². The Morgan fingerprint density at radius 3 is 1.84 bits per heavy atom. The summed E-state index contributed by atoms with van der Waals surface area (Å²) in [4.78, 5) is 4.32. The van der Waals surface area contributed by atoms with Crippen LogP contribution in [0.1, 0.15) is 0 Å². The molecule has 0 radical (unpaired) electrons. The number of thioether (sulfide) groups is 2. The molecule has 0 saturated heterocycles. The van der Waals surface area contributed by atoms with E-state index in [0.717, 1.165) is 33.9 Å². The number of fused-ring (bicyclic) bond motifs is 2. The molecule has 0 saturated carbocycles. The molecule has 0 N–H and O–H groups in total. The lowest BCUT2D eigenvalue weighted by Gasteiger charge is -2.26. The largest absolute Gasteiger partial charge is 0.744 e. The molecule has 1 aliphatic carbocycles. The molecule has 0 spiro atoms. The van der Waals surface area contributed by atoms with Gasteiger partial charge in [-0.15, -0.1) is 23.5 Å². The summed E-state index contributed by atoms with van der Waals surface area (Å²) in [5.74, 6) is 2.21. The molecule has 11 heteroatoms. The molecule has 0 atom stereocenters. The average Bonchev–Trinajstić information content (AvgIpc) is 3.31. The maximum Gasteiger partial charge on any atom is 0.209 e. The number of nitrogens with zero attached hydrogens (tertiary/aromatic N) is 2. The zero-order valence-electron chi connectivity index (χ0n) is 34.0. The lowest BCUT2D eigenvalue weighted by atomic mass is 9.93. The molecule has 8 nitrogen and oxygen atoms in total. The van der Waals surface area contributed by atoms with Crippen LogP contribution in [0.4, 0.5) is 17.1 Å². The van der Waals surface area contributed by atoms with Gasteiger partial charge in [-0.3, -0.25) is 0 Å². The van der Waals surface area contributed by atoms with E-state index in [2.05, 4.69) is 58.0 Å². The van der Waals surface area contributed by atoms with Crippen molar-refractivity contribution in [3.63, 3.8) is 0 Å². The highest BCUT2D eigenvalue weighted by Gasteiger charge is 2.23. The Morgan fingerprint density at radius 1 is 0.581 bits per heavy atom. The van der Waals surface area contributed by atoms with E-state index >= 15 is 0 Å². The number of benzene rings is 7. The van der Waals surface area contributed by atoms with Gasteiger partial charge in [0.25, 0.3) is 0 Å². The minimum Gasteiger partial charge on any atom is -0.744 e. The summed E-state index contributed by atoms with van der Waals surface area (Å²) in [6.45, 7) is 3.35. The van der Waals surface area contributed by atoms with E-state index in [1.165, 1.54) is 15.9 Å². The van der Waals surface area contributed by atoms with Crippen LogP contribution in [0.25, 0.3) is 33.4 Å². The first-order chi connectivity index (χ1) is 30.4. The van der Waals surface area contributed by atoms with Gasteiger partial charge in [-0.05, 0) is 60.7 Å². The summed E-state index contributed by atoms with van der Waals surface area (Å²) < 4.78 is 59.6. The van der Waals surface area contributed by atoms with E-state index in [1.54, 1.807) is 41.7 Å². The van der Waals surface area contributed by atoms with Gasteiger partial charge < -0.3 is 23.3 Å². The number of hydrogen-bond acceptors (Lipinski definition) is 9. The second-order valence-electron chi connectivity index (χ2n) is 14.3. The first-order valence-electron chi connectivity index (χ1n) is 20.5. The number of para-hydroxylation sites is 2. The Labute approximate surface area is 371 Å². The van der Waals surface area contributed by atoms with Gasteiger partial charge in [-0.2, -0.15) is 4.58 Å². The van der Waals surface area contributed by atoms with Crippen molar-refractivity contribution >= 4 is 61.7 Å². The van der Waals surface area contributed by atoms with E-state index in [1.807, 2.05) is 109 Å². The second-order valence-corrected chi connectivity index (χ2v) is 18.0. The molecule has 0 unspecified atom stereocenters. The van der Waals surface area contributed by atoms with Gasteiger partial charge in [0.05, 0.1) is 30.8 Å². The summed E-state index contributed by atoms with van der Waals surface area (Å²) in [6, 6.07) is 59.1. The molecule has 0 amide bonds. The van der Waals surface area contributed by atoms with Crippen LogP contribution in [0, 0.1) is 0 Å². The van der Waals surface area contributed by atoms with Gasteiger partial charge in [0.2, 0.25) is 11.0 Å². The SMILES string of the molecule is O=S(=O)([O-])c1ccccc1-c1c2ccc(=[N+](CCOCCSc3ccccc3)c3ccccc3)cc-2oc2cc(N(CCOCCSc3ccccc3)c3ccccc3)ccc12. The molecule has 62 heavy (non-hydrogen) atoms. The number of hydrogen-bond donors (Lipinski definition) is 0. The Kier molecular flexibility index (Phi) is 14.5. The highest BCUT2D eigenvalue weighted by Crippen LogP contribution is 2.43. The van der Waals surface area contributed by atoms with Crippen molar-refractivity contribution in [2.45, 2.75) is 14.7 Å². The lowest BCUT2D eigenvalue weighted by Crippen LogP contribution is -2.29. The van der Waals surface area contributed by atoms with Crippen molar-refractivity contribution < 1.29 is 26.9 Å². The standard InChI is InChI=1S/C51H46N2O6S3/c54-62(55,56)50-24-14-13-23-47(50)51-45-27-25-41(52(39-15-5-1-6-16-39)29-31-57-33-35-60-43-19-9-3-10-20-43)37-48(45)59-49-38-42(26-28-46(49)51)53(40-17-7-2-8-18-40)30-32-58-34-36-61-44-21-11-4-12-22-44/h1-28,37-38H,29-36H2. The van der Waals surface area contributed by atoms with Gasteiger partial charge >= 0.3 is 0 Å². The first-order valence-corrected chi connectivity index (χ1v) is 23.9. The van der Waals surface area contributed by atoms with Crippen molar-refractivity contribution in [1.82, 2.24) is 4.58 Å². The monoisotopic (exact) mass is 878 g/mol. The maximum absolute atomic E-state index is 12.8. The highest BCUT2D eigenvalue weighted by atomic mass is 32.2. The van der Waals surface area contributed by atoms with E-state index < -0.39 is 10.1 Å². The summed E-state index contributed by atoms with van der Waals surface area (Å²) in [6.07, 6.45) is 0. The fourth-order valence-electron chi connectivity index (χ4n) is 7.40. The van der Waals surface area contributed by atoms with Crippen LogP contribution in [0.2, 0.25) is 0 Å². The van der Waals surface area contributed by atoms with Gasteiger partial charge in [-0.1, -0.05) is 91.0 Å². The van der Waals surface area contributed by atoms with Crippen molar-refractivity contribution in [3.8, 4) is 22.5 Å².